The predicted molar refractivity (Wildman–Crippen MR) is 102 cm³/mol. The molecule has 5 rings (SSSR count). The van der Waals surface area contributed by atoms with E-state index in [2.05, 4.69) is 9.97 Å². The Morgan fingerprint density at radius 2 is 2.11 bits per heavy atom. The van der Waals surface area contributed by atoms with Crippen LogP contribution in [0.3, 0.4) is 0 Å². The van der Waals surface area contributed by atoms with Crippen LogP contribution in [0.1, 0.15) is 35.1 Å². The second kappa shape index (κ2) is 5.94. The summed E-state index contributed by atoms with van der Waals surface area (Å²) in [4.78, 5) is 23.0. The van der Waals surface area contributed by atoms with Crippen LogP contribution in [0.4, 0.5) is 4.39 Å². The quantitative estimate of drug-likeness (QED) is 0.582. The summed E-state index contributed by atoms with van der Waals surface area (Å²) in [6.07, 6.45) is 3.67. The maximum absolute atomic E-state index is 13.5. The number of para-hydroxylation sites is 1. The van der Waals surface area contributed by atoms with Crippen LogP contribution in [0.25, 0.3) is 21.9 Å². The van der Waals surface area contributed by atoms with E-state index in [1.807, 2.05) is 47.0 Å². The van der Waals surface area contributed by atoms with Crippen molar-refractivity contribution < 1.29 is 9.18 Å². The molecule has 0 bridgehead atoms. The molecule has 0 aliphatic carbocycles. The number of hydrogen-bond donors (Lipinski definition) is 1. The molecule has 3 heterocycles. The number of halogens is 1. The largest absolute Gasteiger partial charge is 0.350 e. The molecule has 136 valence electrons. The maximum atomic E-state index is 13.5. The van der Waals surface area contributed by atoms with Crippen molar-refractivity contribution >= 4 is 27.8 Å². The van der Waals surface area contributed by atoms with Gasteiger partial charge in [-0.3, -0.25) is 4.79 Å². The maximum Gasteiger partial charge on any atom is 0.256 e. The van der Waals surface area contributed by atoms with Gasteiger partial charge in [-0.25, -0.2) is 9.37 Å². The smallest absolute Gasteiger partial charge is 0.256 e. The number of nitrogens with zero attached hydrogens (tertiary/aromatic N) is 3. The van der Waals surface area contributed by atoms with Gasteiger partial charge in [0.05, 0.1) is 22.6 Å². The van der Waals surface area contributed by atoms with Gasteiger partial charge in [0.1, 0.15) is 11.6 Å². The summed E-state index contributed by atoms with van der Waals surface area (Å²) in [6, 6.07) is 12.3. The predicted octanol–water partition coefficient (Wildman–Crippen LogP) is 4.17. The Balaban J connectivity index is 1.54. The first-order chi connectivity index (χ1) is 13.1. The van der Waals surface area contributed by atoms with E-state index in [4.69, 9.17) is 0 Å². The van der Waals surface area contributed by atoms with Gasteiger partial charge in [0.2, 0.25) is 0 Å². The molecule has 2 aromatic carbocycles. The van der Waals surface area contributed by atoms with E-state index in [1.165, 1.54) is 12.1 Å². The molecule has 4 aromatic rings. The molecule has 1 fully saturated rings. The molecule has 0 saturated carbocycles. The number of nitrogens with one attached hydrogen (secondary N) is 1. The van der Waals surface area contributed by atoms with Gasteiger partial charge >= 0.3 is 0 Å². The van der Waals surface area contributed by atoms with Crippen LogP contribution in [-0.2, 0) is 7.05 Å². The number of aromatic nitrogens is 3. The Morgan fingerprint density at radius 1 is 1.26 bits per heavy atom. The Kier molecular flexibility index (Phi) is 3.53. The number of fused-ring (bicyclic) bond motifs is 2. The number of hydrogen-bond acceptors (Lipinski definition) is 2. The van der Waals surface area contributed by atoms with Crippen molar-refractivity contribution in [2.75, 3.05) is 6.54 Å². The number of H-pyrrole nitrogens is 1. The summed E-state index contributed by atoms with van der Waals surface area (Å²) in [7, 11) is 1.95. The van der Waals surface area contributed by atoms with Gasteiger partial charge in [-0.2, -0.15) is 0 Å². The molecule has 2 aromatic heterocycles. The third-order valence-electron chi connectivity index (χ3n) is 5.42. The molecule has 1 aliphatic heterocycles. The van der Waals surface area contributed by atoms with Crippen molar-refractivity contribution in [3.63, 3.8) is 0 Å². The SMILES string of the molecule is Cn1cc(C(=O)N2CCCC2c2nc3ccc(F)cc3[nH]2)c2ccccc21. The van der Waals surface area contributed by atoms with Gasteiger partial charge in [-0.05, 0) is 37.1 Å². The lowest BCUT2D eigenvalue weighted by Crippen LogP contribution is -2.31. The van der Waals surface area contributed by atoms with Gasteiger partial charge in [0.15, 0.2) is 0 Å². The number of aromatic amines is 1. The Hall–Kier alpha value is -3.15. The molecular formula is C21H19FN4O. The van der Waals surface area contributed by atoms with Crippen molar-refractivity contribution in [1.82, 2.24) is 19.4 Å². The Labute approximate surface area is 155 Å². The van der Waals surface area contributed by atoms with Gasteiger partial charge < -0.3 is 14.5 Å². The lowest BCUT2D eigenvalue weighted by Gasteiger charge is -2.23. The number of rotatable bonds is 2. The van der Waals surface area contributed by atoms with Crippen molar-refractivity contribution in [2.24, 2.45) is 7.05 Å². The summed E-state index contributed by atoms with van der Waals surface area (Å²) in [5.41, 5.74) is 3.13. The number of amides is 1. The van der Waals surface area contributed by atoms with Crippen molar-refractivity contribution in [3.8, 4) is 0 Å². The second-order valence-corrected chi connectivity index (χ2v) is 7.11. The molecule has 0 spiro atoms. The zero-order valence-corrected chi connectivity index (χ0v) is 14.9. The van der Waals surface area contributed by atoms with E-state index in [0.29, 0.717) is 17.6 Å². The van der Waals surface area contributed by atoms with Gasteiger partial charge in [-0.15, -0.1) is 0 Å². The minimum absolute atomic E-state index is 0.0148. The molecule has 6 heteroatoms. The first-order valence-corrected chi connectivity index (χ1v) is 9.12. The minimum Gasteiger partial charge on any atom is -0.350 e. The van der Waals surface area contributed by atoms with E-state index in [-0.39, 0.29) is 17.8 Å². The van der Waals surface area contributed by atoms with Gasteiger partial charge in [0, 0.05) is 30.7 Å². The fraction of sp³-hybridized carbons (Fsp3) is 0.238. The number of carbonyl (C=O) groups is 1. The third-order valence-corrected chi connectivity index (χ3v) is 5.42. The number of aryl methyl sites for hydroxylation is 1. The molecular weight excluding hydrogens is 343 g/mol. The number of imidazole rings is 1. The standard InChI is InChI=1S/C21H19FN4O/c1-25-12-15(14-5-2-3-6-18(14)25)21(27)26-10-4-7-19(26)20-23-16-9-8-13(22)11-17(16)24-20/h2-3,5-6,8-9,11-12,19H,4,7,10H2,1H3,(H,23,24). The van der Waals surface area contributed by atoms with Crippen LogP contribution in [-0.4, -0.2) is 31.9 Å². The lowest BCUT2D eigenvalue weighted by atomic mass is 10.1. The van der Waals surface area contributed by atoms with Crippen molar-refractivity contribution in [1.29, 1.82) is 0 Å². The zero-order chi connectivity index (χ0) is 18.5. The number of likely N-dealkylation sites (tertiary alicyclic amines) is 1. The molecule has 1 N–H and O–H groups in total. The van der Waals surface area contributed by atoms with Crippen LogP contribution in [0.5, 0.6) is 0 Å². The van der Waals surface area contributed by atoms with E-state index >= 15 is 0 Å². The van der Waals surface area contributed by atoms with E-state index in [0.717, 1.165) is 35.1 Å². The Morgan fingerprint density at radius 3 is 3.00 bits per heavy atom. The number of carbonyl (C=O) groups excluding carboxylic acids is 1. The van der Waals surface area contributed by atoms with Crippen LogP contribution in [0, 0.1) is 5.82 Å². The van der Waals surface area contributed by atoms with E-state index in [1.54, 1.807) is 6.07 Å². The zero-order valence-electron chi connectivity index (χ0n) is 14.9. The molecule has 5 nitrogen and oxygen atoms in total. The van der Waals surface area contributed by atoms with Gasteiger partial charge in [-0.1, -0.05) is 18.2 Å². The fourth-order valence-corrected chi connectivity index (χ4v) is 4.12. The summed E-state index contributed by atoms with van der Waals surface area (Å²) in [5.74, 6) is 0.440. The molecule has 1 saturated heterocycles. The molecule has 1 aliphatic rings. The highest BCUT2D eigenvalue weighted by Crippen LogP contribution is 2.34. The Bertz CT molecular complexity index is 1180. The lowest BCUT2D eigenvalue weighted by molar-refractivity contribution is 0.0732. The monoisotopic (exact) mass is 362 g/mol. The van der Waals surface area contributed by atoms with Crippen molar-refractivity contribution in [2.45, 2.75) is 18.9 Å². The van der Waals surface area contributed by atoms with E-state index < -0.39 is 0 Å². The van der Waals surface area contributed by atoms with E-state index in [9.17, 15) is 9.18 Å². The molecule has 0 radical (unpaired) electrons. The summed E-state index contributed by atoms with van der Waals surface area (Å²) < 4.78 is 15.5. The number of benzene rings is 2. The molecule has 1 atom stereocenters. The molecule has 1 amide bonds. The van der Waals surface area contributed by atoms with Crippen LogP contribution in [0.15, 0.2) is 48.7 Å². The normalized spacial score (nSPS) is 17.3. The van der Waals surface area contributed by atoms with Gasteiger partial charge in [0.25, 0.3) is 5.91 Å². The highest BCUT2D eigenvalue weighted by molar-refractivity contribution is 6.07. The summed E-state index contributed by atoms with van der Waals surface area (Å²) in [6.45, 7) is 0.693. The van der Waals surface area contributed by atoms with Crippen LogP contribution >= 0.6 is 0 Å². The average Bonchev–Trinajstić information content (AvgIpc) is 3.38. The van der Waals surface area contributed by atoms with Crippen molar-refractivity contribution in [3.05, 3.63) is 65.9 Å². The minimum atomic E-state index is -0.298. The topological polar surface area (TPSA) is 53.9 Å². The second-order valence-electron chi connectivity index (χ2n) is 7.11. The fourth-order valence-electron chi connectivity index (χ4n) is 4.12. The van der Waals surface area contributed by atoms with Crippen LogP contribution < -0.4 is 0 Å². The molecule has 27 heavy (non-hydrogen) atoms. The van der Waals surface area contributed by atoms with Crippen LogP contribution in [0.2, 0.25) is 0 Å². The molecule has 1 unspecified atom stereocenters. The highest BCUT2D eigenvalue weighted by Gasteiger charge is 2.33. The summed E-state index contributed by atoms with van der Waals surface area (Å²) in [5, 5.41) is 0.960. The third kappa shape index (κ3) is 2.51. The average molecular weight is 362 g/mol. The first kappa shape index (κ1) is 16.1. The summed E-state index contributed by atoms with van der Waals surface area (Å²) >= 11 is 0. The highest BCUT2D eigenvalue weighted by atomic mass is 19.1. The first-order valence-electron chi connectivity index (χ1n) is 9.12.